The van der Waals surface area contributed by atoms with Crippen molar-refractivity contribution in [1.29, 1.82) is 0 Å². The first-order valence-electron chi connectivity index (χ1n) is 5.54. The van der Waals surface area contributed by atoms with Gasteiger partial charge in [-0.1, -0.05) is 17.7 Å². The maximum Gasteiger partial charge on any atom is 0.256 e. The van der Waals surface area contributed by atoms with E-state index in [0.29, 0.717) is 36.0 Å². The topological polar surface area (TPSA) is 55.6 Å². The molecule has 1 amide bonds. The molecule has 2 N–H and O–H groups in total. The van der Waals surface area contributed by atoms with Crippen molar-refractivity contribution in [3.8, 4) is 0 Å². The molecule has 1 fully saturated rings. The van der Waals surface area contributed by atoms with Crippen LogP contribution in [0, 0.1) is 0 Å². The van der Waals surface area contributed by atoms with Crippen molar-refractivity contribution < 1.29 is 9.53 Å². The van der Waals surface area contributed by atoms with Gasteiger partial charge in [-0.05, 0) is 19.1 Å². The third kappa shape index (κ3) is 2.37. The number of benzene rings is 1. The lowest BCUT2D eigenvalue weighted by Crippen LogP contribution is -2.47. The highest BCUT2D eigenvalue weighted by Crippen LogP contribution is 2.24. The lowest BCUT2D eigenvalue weighted by Gasteiger charge is -2.33. The summed E-state index contributed by atoms with van der Waals surface area (Å²) in [6, 6.07) is 5.17. The number of nitrogen functional groups attached to an aromatic ring is 1. The van der Waals surface area contributed by atoms with Crippen molar-refractivity contribution in [3.63, 3.8) is 0 Å². The smallest absolute Gasteiger partial charge is 0.256 e. The molecule has 92 valence electrons. The molecule has 1 atom stereocenters. The van der Waals surface area contributed by atoms with E-state index in [1.54, 1.807) is 23.1 Å². The van der Waals surface area contributed by atoms with Crippen molar-refractivity contribution in [2.24, 2.45) is 0 Å². The molecule has 0 radical (unpaired) electrons. The molecule has 0 spiro atoms. The van der Waals surface area contributed by atoms with E-state index in [4.69, 9.17) is 22.1 Å². The molecule has 0 saturated carbocycles. The van der Waals surface area contributed by atoms with Gasteiger partial charge in [0, 0.05) is 6.54 Å². The number of nitrogens with zero attached hydrogens (tertiary/aromatic N) is 1. The third-order valence-electron chi connectivity index (χ3n) is 2.91. The van der Waals surface area contributed by atoms with Crippen molar-refractivity contribution in [1.82, 2.24) is 4.90 Å². The Kier molecular flexibility index (Phi) is 3.54. The second-order valence-corrected chi connectivity index (χ2v) is 4.53. The van der Waals surface area contributed by atoms with Gasteiger partial charge in [-0.15, -0.1) is 0 Å². The van der Waals surface area contributed by atoms with Crippen LogP contribution in [0.15, 0.2) is 18.2 Å². The maximum absolute atomic E-state index is 12.3. The van der Waals surface area contributed by atoms with Gasteiger partial charge in [-0.25, -0.2) is 0 Å². The molecular formula is C12H15ClN2O2. The van der Waals surface area contributed by atoms with Gasteiger partial charge in [0.1, 0.15) is 0 Å². The average molecular weight is 255 g/mol. The van der Waals surface area contributed by atoms with Crippen LogP contribution in [0.3, 0.4) is 0 Å². The zero-order valence-corrected chi connectivity index (χ0v) is 10.4. The van der Waals surface area contributed by atoms with Gasteiger partial charge >= 0.3 is 0 Å². The highest BCUT2D eigenvalue weighted by molar-refractivity contribution is 6.33. The molecule has 1 aliphatic heterocycles. The van der Waals surface area contributed by atoms with E-state index in [9.17, 15) is 4.79 Å². The van der Waals surface area contributed by atoms with Crippen LogP contribution < -0.4 is 5.73 Å². The van der Waals surface area contributed by atoms with Crippen molar-refractivity contribution in [3.05, 3.63) is 28.8 Å². The summed E-state index contributed by atoms with van der Waals surface area (Å²) < 4.78 is 5.30. The number of amides is 1. The Morgan fingerprint density at radius 2 is 2.35 bits per heavy atom. The van der Waals surface area contributed by atoms with E-state index in [1.165, 1.54) is 0 Å². The quantitative estimate of drug-likeness (QED) is 0.778. The van der Waals surface area contributed by atoms with Crippen molar-refractivity contribution >= 4 is 23.2 Å². The second kappa shape index (κ2) is 4.94. The highest BCUT2D eigenvalue weighted by atomic mass is 35.5. The Morgan fingerprint density at radius 1 is 1.59 bits per heavy atom. The Labute approximate surface area is 105 Å². The van der Waals surface area contributed by atoms with E-state index in [-0.39, 0.29) is 11.9 Å². The SMILES string of the molecule is CC1COCCN1C(=O)c1cccc(Cl)c1N. The van der Waals surface area contributed by atoms with Gasteiger partial charge in [0.2, 0.25) is 0 Å². The molecular weight excluding hydrogens is 240 g/mol. The molecule has 17 heavy (non-hydrogen) atoms. The molecule has 1 aliphatic rings. The monoisotopic (exact) mass is 254 g/mol. The van der Waals surface area contributed by atoms with Gasteiger partial charge in [-0.2, -0.15) is 0 Å². The van der Waals surface area contributed by atoms with Crippen molar-refractivity contribution in [2.75, 3.05) is 25.5 Å². The second-order valence-electron chi connectivity index (χ2n) is 4.12. The van der Waals surface area contributed by atoms with Crippen LogP contribution in [0.2, 0.25) is 5.02 Å². The summed E-state index contributed by atoms with van der Waals surface area (Å²) in [6.07, 6.45) is 0. The first kappa shape index (κ1) is 12.2. The number of hydrogen-bond acceptors (Lipinski definition) is 3. The summed E-state index contributed by atoms with van der Waals surface area (Å²) in [4.78, 5) is 14.1. The van der Waals surface area contributed by atoms with Crippen LogP contribution in [0.25, 0.3) is 0 Å². The minimum Gasteiger partial charge on any atom is -0.397 e. The Bertz CT molecular complexity index is 437. The third-order valence-corrected chi connectivity index (χ3v) is 3.24. The molecule has 4 nitrogen and oxygen atoms in total. The first-order valence-corrected chi connectivity index (χ1v) is 5.91. The summed E-state index contributed by atoms with van der Waals surface area (Å²) in [5.74, 6) is -0.0826. The molecule has 1 unspecified atom stereocenters. The number of morpholine rings is 1. The molecule has 0 aliphatic carbocycles. The van der Waals surface area contributed by atoms with E-state index < -0.39 is 0 Å². The fourth-order valence-corrected chi connectivity index (χ4v) is 2.08. The number of ether oxygens (including phenoxy) is 1. The van der Waals surface area contributed by atoms with Gasteiger partial charge < -0.3 is 15.4 Å². The molecule has 0 aromatic heterocycles. The molecule has 1 saturated heterocycles. The lowest BCUT2D eigenvalue weighted by atomic mass is 10.1. The minimum atomic E-state index is -0.0826. The largest absolute Gasteiger partial charge is 0.397 e. The van der Waals surface area contributed by atoms with Crippen LogP contribution in [-0.4, -0.2) is 36.6 Å². The maximum atomic E-state index is 12.3. The van der Waals surface area contributed by atoms with Crippen molar-refractivity contribution in [2.45, 2.75) is 13.0 Å². The van der Waals surface area contributed by atoms with Crippen LogP contribution in [0.4, 0.5) is 5.69 Å². The predicted octanol–water partition coefficient (Wildman–Crippen LogP) is 1.78. The van der Waals surface area contributed by atoms with Crippen LogP contribution in [0.1, 0.15) is 17.3 Å². The van der Waals surface area contributed by atoms with E-state index in [1.807, 2.05) is 6.92 Å². The van der Waals surface area contributed by atoms with Gasteiger partial charge in [0.05, 0.1) is 35.5 Å². The number of para-hydroxylation sites is 1. The summed E-state index contributed by atoms with van der Waals surface area (Å²) >= 11 is 5.91. The number of nitrogens with two attached hydrogens (primary N) is 1. The Balaban J connectivity index is 2.27. The molecule has 1 heterocycles. The van der Waals surface area contributed by atoms with Crippen LogP contribution in [0.5, 0.6) is 0 Å². The molecule has 5 heteroatoms. The fraction of sp³-hybridized carbons (Fsp3) is 0.417. The normalized spacial score (nSPS) is 20.4. The number of halogens is 1. The van der Waals surface area contributed by atoms with Gasteiger partial charge in [-0.3, -0.25) is 4.79 Å². The summed E-state index contributed by atoms with van der Waals surface area (Å²) in [5.41, 5.74) is 6.63. The average Bonchev–Trinajstić information content (AvgIpc) is 2.32. The van der Waals surface area contributed by atoms with E-state index in [0.717, 1.165) is 0 Å². The Hall–Kier alpha value is -1.26. The minimum absolute atomic E-state index is 0.0645. The molecule has 1 aromatic rings. The molecule has 0 bridgehead atoms. The van der Waals surface area contributed by atoms with Gasteiger partial charge in [0.15, 0.2) is 0 Å². The summed E-state index contributed by atoms with van der Waals surface area (Å²) in [5, 5.41) is 0.414. The number of carbonyl (C=O) groups is 1. The zero-order valence-electron chi connectivity index (χ0n) is 9.65. The number of hydrogen-bond donors (Lipinski definition) is 1. The standard InChI is InChI=1S/C12H15ClN2O2/c1-8-7-17-6-5-15(8)12(16)9-3-2-4-10(13)11(9)14/h2-4,8H,5-7,14H2,1H3. The predicted molar refractivity (Wildman–Crippen MR) is 67.2 cm³/mol. The van der Waals surface area contributed by atoms with E-state index in [2.05, 4.69) is 0 Å². The fourth-order valence-electron chi connectivity index (χ4n) is 1.91. The molecule has 2 rings (SSSR count). The molecule has 1 aromatic carbocycles. The summed E-state index contributed by atoms with van der Waals surface area (Å²) in [6.45, 7) is 3.67. The summed E-state index contributed by atoms with van der Waals surface area (Å²) in [7, 11) is 0. The van der Waals surface area contributed by atoms with E-state index >= 15 is 0 Å². The van der Waals surface area contributed by atoms with Gasteiger partial charge in [0.25, 0.3) is 5.91 Å². The number of rotatable bonds is 1. The number of anilines is 1. The zero-order chi connectivity index (χ0) is 12.4. The lowest BCUT2D eigenvalue weighted by molar-refractivity contribution is 0.00365. The van der Waals surface area contributed by atoms with Crippen LogP contribution in [-0.2, 0) is 4.74 Å². The highest BCUT2D eigenvalue weighted by Gasteiger charge is 2.26. The van der Waals surface area contributed by atoms with Crippen LogP contribution >= 0.6 is 11.6 Å². The first-order chi connectivity index (χ1) is 8.11. The number of carbonyl (C=O) groups excluding carboxylic acids is 1. The Morgan fingerprint density at radius 3 is 3.06 bits per heavy atom.